The second kappa shape index (κ2) is 12.9. The third kappa shape index (κ3) is 6.81. The molecule has 0 spiro atoms. The van der Waals surface area contributed by atoms with Crippen LogP contribution >= 0.6 is 0 Å². The number of ether oxygens (including phenoxy) is 2. The lowest BCUT2D eigenvalue weighted by molar-refractivity contribution is -0.137. The standard InChI is InChI=1S/C38H44FNO6/c1-7-10-24-16-25(17-31(45-8-2)36(24)46-22-23-11-9-12-26(39)15-23)33-34-27(18-37(3,4)20-29(34)41)40(14-13-32(43)44)28-19-38(5,6)21-30(42)35(28)33/h7,9,11-12,15-17,33H,1,8,10,13-14,18-22H2,2-6H3,(H,43,44). The van der Waals surface area contributed by atoms with Crippen molar-refractivity contribution in [3.05, 3.63) is 94.1 Å². The number of carboxylic acid groups (broad SMARTS) is 1. The molecule has 0 fully saturated rings. The van der Waals surface area contributed by atoms with E-state index in [-0.39, 0.29) is 47.8 Å². The van der Waals surface area contributed by atoms with E-state index in [2.05, 4.69) is 34.3 Å². The second-order valence-electron chi connectivity index (χ2n) is 14.2. The van der Waals surface area contributed by atoms with E-state index in [1.807, 2.05) is 24.0 Å². The quantitative estimate of drug-likeness (QED) is 0.255. The Labute approximate surface area is 270 Å². The van der Waals surface area contributed by atoms with Crippen molar-refractivity contribution in [2.45, 2.75) is 85.7 Å². The number of benzene rings is 2. The van der Waals surface area contributed by atoms with Gasteiger partial charge >= 0.3 is 5.97 Å². The van der Waals surface area contributed by atoms with Crippen LogP contribution in [0.1, 0.15) is 89.3 Å². The zero-order valence-electron chi connectivity index (χ0n) is 27.5. The van der Waals surface area contributed by atoms with E-state index in [0.29, 0.717) is 66.9 Å². The number of hydrogen-bond acceptors (Lipinski definition) is 6. The molecule has 0 radical (unpaired) electrons. The molecule has 2 aromatic carbocycles. The lowest BCUT2D eigenvalue weighted by atomic mass is 9.63. The summed E-state index contributed by atoms with van der Waals surface area (Å²) < 4.78 is 26.3. The Bertz CT molecular complexity index is 1590. The van der Waals surface area contributed by atoms with Crippen molar-refractivity contribution in [2.24, 2.45) is 10.8 Å². The third-order valence-electron chi connectivity index (χ3n) is 8.99. The van der Waals surface area contributed by atoms with Crippen molar-refractivity contribution in [3.8, 4) is 11.5 Å². The van der Waals surface area contributed by atoms with Crippen LogP contribution in [-0.4, -0.2) is 40.7 Å². The van der Waals surface area contributed by atoms with Crippen molar-refractivity contribution in [1.29, 1.82) is 0 Å². The zero-order chi connectivity index (χ0) is 33.4. The average Bonchev–Trinajstić information content (AvgIpc) is 2.94. The number of halogens is 1. The molecule has 3 aliphatic rings. The van der Waals surface area contributed by atoms with Gasteiger partial charge in [0, 0.05) is 53.4 Å². The van der Waals surface area contributed by atoms with Crippen LogP contribution in [0.2, 0.25) is 0 Å². The number of rotatable bonds is 11. The third-order valence-corrected chi connectivity index (χ3v) is 8.99. The molecule has 7 nitrogen and oxygen atoms in total. The molecule has 46 heavy (non-hydrogen) atoms. The number of hydrogen-bond donors (Lipinski definition) is 1. The monoisotopic (exact) mass is 629 g/mol. The Kier molecular flexibility index (Phi) is 9.30. The largest absolute Gasteiger partial charge is 0.490 e. The summed E-state index contributed by atoms with van der Waals surface area (Å²) in [6, 6.07) is 10.1. The van der Waals surface area contributed by atoms with Crippen LogP contribution in [0.4, 0.5) is 4.39 Å². The number of carboxylic acids is 1. The smallest absolute Gasteiger partial charge is 0.305 e. The molecular weight excluding hydrogens is 585 g/mol. The normalized spacial score (nSPS) is 19.1. The molecule has 2 aromatic rings. The molecule has 0 amide bonds. The molecule has 0 bridgehead atoms. The maximum absolute atomic E-state index is 14.2. The summed E-state index contributed by atoms with van der Waals surface area (Å²) in [5.74, 6) is -0.999. The summed E-state index contributed by atoms with van der Waals surface area (Å²) in [5.41, 5.74) is 4.29. The average molecular weight is 630 g/mol. The maximum Gasteiger partial charge on any atom is 0.305 e. The van der Waals surface area contributed by atoms with Gasteiger partial charge in [-0.15, -0.1) is 6.58 Å². The highest BCUT2D eigenvalue weighted by Crippen LogP contribution is 2.55. The van der Waals surface area contributed by atoms with Gasteiger partial charge in [0.1, 0.15) is 12.4 Å². The van der Waals surface area contributed by atoms with E-state index in [1.165, 1.54) is 12.1 Å². The van der Waals surface area contributed by atoms with Crippen molar-refractivity contribution >= 4 is 17.5 Å². The lowest BCUT2D eigenvalue weighted by Gasteiger charge is -2.49. The van der Waals surface area contributed by atoms with Gasteiger partial charge in [0.05, 0.1) is 13.0 Å². The Balaban J connectivity index is 1.72. The number of Topliss-reactive ketones (excluding diaryl/α,β-unsaturated/α-hetero) is 2. The fourth-order valence-corrected chi connectivity index (χ4v) is 7.22. The summed E-state index contributed by atoms with van der Waals surface area (Å²) in [4.78, 5) is 42.1. The molecule has 1 aliphatic heterocycles. The fraction of sp³-hybridized carbons (Fsp3) is 0.447. The van der Waals surface area contributed by atoms with E-state index >= 15 is 0 Å². The van der Waals surface area contributed by atoms with E-state index < -0.39 is 11.9 Å². The van der Waals surface area contributed by atoms with Crippen LogP contribution < -0.4 is 9.47 Å². The molecule has 1 N–H and O–H groups in total. The van der Waals surface area contributed by atoms with Gasteiger partial charge in [-0.1, -0.05) is 52.0 Å². The predicted molar refractivity (Wildman–Crippen MR) is 174 cm³/mol. The maximum atomic E-state index is 14.2. The number of carbonyl (C=O) groups is 3. The van der Waals surface area contributed by atoms with Gasteiger partial charge in [0.2, 0.25) is 0 Å². The van der Waals surface area contributed by atoms with E-state index in [4.69, 9.17) is 9.47 Å². The van der Waals surface area contributed by atoms with Gasteiger partial charge in [-0.2, -0.15) is 0 Å². The minimum atomic E-state index is -0.932. The van der Waals surface area contributed by atoms with Crippen LogP contribution in [0.25, 0.3) is 0 Å². The first-order valence-corrected chi connectivity index (χ1v) is 16.0. The van der Waals surface area contributed by atoms with Crippen LogP contribution in [0.3, 0.4) is 0 Å². The molecular formula is C38H44FNO6. The molecule has 2 aliphatic carbocycles. The highest BCUT2D eigenvalue weighted by Gasteiger charge is 2.49. The van der Waals surface area contributed by atoms with Crippen molar-refractivity contribution in [1.82, 2.24) is 4.90 Å². The van der Waals surface area contributed by atoms with Gasteiger partial charge in [-0.05, 0) is 66.3 Å². The molecule has 0 saturated carbocycles. The summed E-state index contributed by atoms with van der Waals surface area (Å²) in [7, 11) is 0. The first-order valence-electron chi connectivity index (χ1n) is 16.0. The molecule has 1 heterocycles. The molecule has 0 atom stereocenters. The first-order chi connectivity index (χ1) is 21.7. The van der Waals surface area contributed by atoms with Gasteiger partial charge in [0.25, 0.3) is 0 Å². The van der Waals surface area contributed by atoms with Crippen LogP contribution in [0.15, 0.2) is 71.6 Å². The molecule has 0 aromatic heterocycles. The van der Waals surface area contributed by atoms with Gasteiger partial charge in [0.15, 0.2) is 23.1 Å². The molecule has 0 unspecified atom stereocenters. The van der Waals surface area contributed by atoms with Crippen molar-refractivity contribution < 1.29 is 33.4 Å². The van der Waals surface area contributed by atoms with Crippen LogP contribution in [0.5, 0.6) is 11.5 Å². The van der Waals surface area contributed by atoms with Crippen LogP contribution in [-0.2, 0) is 27.4 Å². The van der Waals surface area contributed by atoms with Crippen molar-refractivity contribution in [2.75, 3.05) is 13.2 Å². The summed E-state index contributed by atoms with van der Waals surface area (Å²) >= 11 is 0. The molecule has 5 rings (SSSR count). The summed E-state index contributed by atoms with van der Waals surface area (Å²) in [5, 5.41) is 9.65. The molecule has 0 saturated heterocycles. The van der Waals surface area contributed by atoms with Crippen molar-refractivity contribution in [3.63, 3.8) is 0 Å². The van der Waals surface area contributed by atoms with E-state index in [1.54, 1.807) is 18.2 Å². The summed E-state index contributed by atoms with van der Waals surface area (Å²) in [6.45, 7) is 14.7. The SMILES string of the molecule is C=CCc1cc(C2C3=C(CC(C)(C)CC3=O)N(CCC(=O)O)C3=C2C(=O)CC(C)(C)C3)cc(OCC)c1OCc1cccc(F)c1. The fourth-order valence-electron chi connectivity index (χ4n) is 7.22. The number of carbonyl (C=O) groups excluding carboxylic acids is 2. The first kappa shape index (κ1) is 33.2. The number of nitrogens with zero attached hydrogens (tertiary/aromatic N) is 1. The Morgan fingerprint density at radius 2 is 1.63 bits per heavy atom. The van der Waals surface area contributed by atoms with Gasteiger partial charge < -0.3 is 19.5 Å². The summed E-state index contributed by atoms with van der Waals surface area (Å²) in [6.07, 6.45) is 3.90. The minimum absolute atomic E-state index is 0.0320. The zero-order valence-corrected chi connectivity index (χ0v) is 27.5. The van der Waals surface area contributed by atoms with Gasteiger partial charge in [-0.25, -0.2) is 4.39 Å². The minimum Gasteiger partial charge on any atom is -0.490 e. The van der Waals surface area contributed by atoms with Crippen LogP contribution in [0, 0.1) is 16.6 Å². The topological polar surface area (TPSA) is 93.1 Å². The Morgan fingerprint density at radius 1 is 1.00 bits per heavy atom. The van der Waals surface area contributed by atoms with E-state index in [0.717, 1.165) is 22.5 Å². The van der Waals surface area contributed by atoms with Gasteiger partial charge in [-0.3, -0.25) is 14.4 Å². The highest BCUT2D eigenvalue weighted by molar-refractivity contribution is 6.07. The highest BCUT2D eigenvalue weighted by atomic mass is 19.1. The Morgan fingerprint density at radius 3 is 2.17 bits per heavy atom. The number of allylic oxidation sites excluding steroid dienone is 5. The number of aliphatic carboxylic acids is 1. The molecule has 8 heteroatoms. The Hall–Kier alpha value is -4.20. The lowest BCUT2D eigenvalue weighted by Crippen LogP contribution is -2.45. The molecule has 244 valence electrons. The van der Waals surface area contributed by atoms with E-state index in [9.17, 15) is 23.9 Å². The number of ketones is 2. The predicted octanol–water partition coefficient (Wildman–Crippen LogP) is 7.69. The second-order valence-corrected chi connectivity index (χ2v) is 14.2.